The van der Waals surface area contributed by atoms with Crippen molar-refractivity contribution >= 4 is 11.8 Å². The molecule has 0 bridgehead atoms. The predicted molar refractivity (Wildman–Crippen MR) is 66.4 cm³/mol. The van der Waals surface area contributed by atoms with Crippen LogP contribution in [0.4, 0.5) is 0 Å². The average molecular weight is 285 g/mol. The van der Waals surface area contributed by atoms with Crippen LogP contribution in [0.25, 0.3) is 0 Å². The second-order valence-corrected chi connectivity index (χ2v) is 4.51. The van der Waals surface area contributed by atoms with Crippen LogP contribution in [0.3, 0.4) is 0 Å². The van der Waals surface area contributed by atoms with Crippen LogP contribution >= 0.6 is 11.8 Å². The maximum Gasteiger partial charge on any atom is 0.213 e. The zero-order chi connectivity index (χ0) is 13.3. The van der Waals surface area contributed by atoms with Crippen LogP contribution in [0.15, 0.2) is 16.1 Å². The van der Waals surface area contributed by atoms with E-state index in [0.717, 1.165) is 18.2 Å². The van der Waals surface area contributed by atoms with E-state index in [1.165, 1.54) is 18.2 Å². The minimum Gasteiger partial charge on any atom is -0.383 e. The summed E-state index contributed by atoms with van der Waals surface area (Å²) in [5.74, 6) is 1.20. The summed E-state index contributed by atoms with van der Waals surface area (Å²) in [5.41, 5.74) is 0. The summed E-state index contributed by atoms with van der Waals surface area (Å²) in [5, 5.41) is 19.2. The third-order valence-corrected chi connectivity index (χ3v) is 3.17. The molecule has 104 valence electrons. The number of aromatic nitrogens is 6. The molecule has 0 amide bonds. The van der Waals surface area contributed by atoms with Gasteiger partial charge in [-0.15, -0.1) is 5.10 Å². The Morgan fingerprint density at radius 3 is 3.21 bits per heavy atom. The summed E-state index contributed by atoms with van der Waals surface area (Å²) >= 11 is 1.47. The van der Waals surface area contributed by atoms with E-state index in [4.69, 9.17) is 4.74 Å². The molecule has 2 rings (SSSR count). The lowest BCUT2D eigenvalue weighted by Crippen LogP contribution is -2.24. The van der Waals surface area contributed by atoms with Crippen LogP contribution in [0.5, 0.6) is 0 Å². The number of nitrogens with zero attached hydrogens (tertiary/aromatic N) is 6. The Kier molecular flexibility index (Phi) is 5.72. The SMILES string of the molecule is COCCNCCn1nnnc1SCc1ncon1. The standard InChI is InChI=1S/C9H15N7O2S/c1-17-5-3-10-2-4-16-9(12-14-15-16)19-6-8-11-7-18-13-8/h7,10H,2-6H2,1H3. The molecule has 0 aliphatic rings. The van der Waals surface area contributed by atoms with Crippen molar-refractivity contribution in [3.63, 3.8) is 0 Å². The van der Waals surface area contributed by atoms with E-state index in [-0.39, 0.29) is 0 Å². The summed E-state index contributed by atoms with van der Waals surface area (Å²) in [6.45, 7) is 2.98. The number of hydrogen-bond donors (Lipinski definition) is 1. The number of methoxy groups -OCH3 is 1. The number of nitrogens with one attached hydrogen (secondary N) is 1. The van der Waals surface area contributed by atoms with E-state index in [1.54, 1.807) is 11.8 Å². The minimum atomic E-state index is 0.577. The molecule has 0 aliphatic heterocycles. The third-order valence-electron chi connectivity index (χ3n) is 2.22. The van der Waals surface area contributed by atoms with Crippen molar-refractivity contribution in [1.82, 2.24) is 35.7 Å². The van der Waals surface area contributed by atoms with Gasteiger partial charge >= 0.3 is 0 Å². The first-order valence-corrected chi connectivity index (χ1v) is 6.72. The van der Waals surface area contributed by atoms with Gasteiger partial charge in [0.1, 0.15) is 0 Å². The summed E-state index contributed by atoms with van der Waals surface area (Å²) < 4.78 is 11.3. The Labute approximate surface area is 114 Å². The number of tetrazole rings is 1. The van der Waals surface area contributed by atoms with Gasteiger partial charge in [0.25, 0.3) is 0 Å². The molecule has 2 aromatic heterocycles. The fourth-order valence-electron chi connectivity index (χ4n) is 1.31. The second kappa shape index (κ2) is 7.81. The summed E-state index contributed by atoms with van der Waals surface area (Å²) in [6.07, 6.45) is 1.30. The topological polar surface area (TPSA) is 104 Å². The van der Waals surface area contributed by atoms with Crippen LogP contribution in [-0.4, -0.2) is 57.2 Å². The summed E-state index contributed by atoms with van der Waals surface area (Å²) in [7, 11) is 1.68. The van der Waals surface area contributed by atoms with Gasteiger partial charge < -0.3 is 14.6 Å². The van der Waals surface area contributed by atoms with Crippen molar-refractivity contribution in [2.75, 3.05) is 26.8 Å². The van der Waals surface area contributed by atoms with E-state index in [0.29, 0.717) is 24.7 Å². The van der Waals surface area contributed by atoms with E-state index in [9.17, 15) is 0 Å². The van der Waals surface area contributed by atoms with Gasteiger partial charge in [-0.2, -0.15) is 4.98 Å². The minimum absolute atomic E-state index is 0.577. The number of thioether (sulfide) groups is 1. The monoisotopic (exact) mass is 285 g/mol. The molecule has 0 aromatic carbocycles. The fourth-order valence-corrected chi connectivity index (χ4v) is 2.07. The highest BCUT2D eigenvalue weighted by molar-refractivity contribution is 7.98. The first-order chi connectivity index (χ1) is 9.40. The maximum absolute atomic E-state index is 4.95. The van der Waals surface area contributed by atoms with Gasteiger partial charge in [-0.05, 0) is 10.4 Å². The summed E-state index contributed by atoms with van der Waals surface area (Å²) in [6, 6.07) is 0. The van der Waals surface area contributed by atoms with Crippen molar-refractivity contribution in [1.29, 1.82) is 0 Å². The van der Waals surface area contributed by atoms with Crippen LogP contribution in [0.1, 0.15) is 5.82 Å². The number of hydrogen-bond acceptors (Lipinski definition) is 9. The lowest BCUT2D eigenvalue weighted by molar-refractivity contribution is 0.199. The molecule has 0 saturated heterocycles. The van der Waals surface area contributed by atoms with E-state index >= 15 is 0 Å². The quantitative estimate of drug-likeness (QED) is 0.486. The highest BCUT2D eigenvalue weighted by atomic mass is 32.2. The van der Waals surface area contributed by atoms with Gasteiger partial charge in [0.15, 0.2) is 5.82 Å². The first kappa shape index (κ1) is 13.9. The van der Waals surface area contributed by atoms with Crippen molar-refractivity contribution in [2.24, 2.45) is 0 Å². The van der Waals surface area contributed by atoms with Gasteiger partial charge in [-0.25, -0.2) is 4.68 Å². The van der Waals surface area contributed by atoms with Crippen LogP contribution in [-0.2, 0) is 17.0 Å². The molecule has 0 unspecified atom stereocenters. The fraction of sp³-hybridized carbons (Fsp3) is 0.667. The summed E-state index contributed by atoms with van der Waals surface area (Å²) in [4.78, 5) is 3.94. The van der Waals surface area contributed by atoms with Crippen molar-refractivity contribution in [3.05, 3.63) is 12.2 Å². The van der Waals surface area contributed by atoms with E-state index in [2.05, 4.69) is 35.5 Å². The molecule has 0 radical (unpaired) electrons. The highest BCUT2D eigenvalue weighted by Gasteiger charge is 2.08. The van der Waals surface area contributed by atoms with E-state index < -0.39 is 0 Å². The van der Waals surface area contributed by atoms with Gasteiger partial charge in [-0.1, -0.05) is 16.9 Å². The van der Waals surface area contributed by atoms with Crippen molar-refractivity contribution < 1.29 is 9.26 Å². The molecule has 1 N–H and O–H groups in total. The third kappa shape index (κ3) is 4.58. The molecule has 0 fully saturated rings. The first-order valence-electron chi connectivity index (χ1n) is 5.74. The molecule has 19 heavy (non-hydrogen) atoms. The molecule has 9 nitrogen and oxygen atoms in total. The van der Waals surface area contributed by atoms with Crippen LogP contribution in [0.2, 0.25) is 0 Å². The zero-order valence-electron chi connectivity index (χ0n) is 10.5. The Morgan fingerprint density at radius 1 is 1.47 bits per heavy atom. The van der Waals surface area contributed by atoms with E-state index in [1.807, 2.05) is 0 Å². The molecule has 2 aromatic rings. The number of rotatable bonds is 9. The Balaban J connectivity index is 1.74. The maximum atomic E-state index is 4.95. The Bertz CT molecular complexity index is 461. The average Bonchev–Trinajstić information content (AvgIpc) is 3.07. The zero-order valence-corrected chi connectivity index (χ0v) is 11.3. The molecule has 0 atom stereocenters. The Hall–Kier alpha value is -1.52. The van der Waals surface area contributed by atoms with Crippen molar-refractivity contribution in [3.8, 4) is 0 Å². The molecule has 2 heterocycles. The van der Waals surface area contributed by atoms with Gasteiger partial charge in [0, 0.05) is 20.2 Å². The van der Waals surface area contributed by atoms with Crippen molar-refractivity contribution in [2.45, 2.75) is 17.5 Å². The van der Waals surface area contributed by atoms with Crippen LogP contribution < -0.4 is 5.32 Å². The largest absolute Gasteiger partial charge is 0.383 e. The smallest absolute Gasteiger partial charge is 0.213 e. The predicted octanol–water partition coefficient (Wildman–Crippen LogP) is -0.416. The lowest BCUT2D eigenvalue weighted by atomic mass is 10.6. The normalized spacial score (nSPS) is 11.0. The molecule has 0 aliphatic carbocycles. The molecular formula is C9H15N7O2S. The van der Waals surface area contributed by atoms with Crippen LogP contribution in [0, 0.1) is 0 Å². The molecule has 0 saturated carbocycles. The van der Waals surface area contributed by atoms with Gasteiger partial charge in [-0.3, -0.25) is 0 Å². The number of ether oxygens (including phenoxy) is 1. The lowest BCUT2D eigenvalue weighted by Gasteiger charge is -2.05. The molecular weight excluding hydrogens is 270 g/mol. The second-order valence-electron chi connectivity index (χ2n) is 3.56. The van der Waals surface area contributed by atoms with Gasteiger partial charge in [0.05, 0.1) is 18.9 Å². The highest BCUT2D eigenvalue weighted by Crippen LogP contribution is 2.17. The molecule has 0 spiro atoms. The van der Waals surface area contributed by atoms with Gasteiger partial charge in [0.2, 0.25) is 11.6 Å². The molecule has 10 heteroatoms. The Morgan fingerprint density at radius 2 is 2.42 bits per heavy atom.